The van der Waals surface area contributed by atoms with Gasteiger partial charge in [-0.2, -0.15) is 0 Å². The number of carbonyl (C=O) groups is 1. The molecule has 0 saturated heterocycles. The summed E-state index contributed by atoms with van der Waals surface area (Å²) in [6.45, 7) is 0.835. The van der Waals surface area contributed by atoms with Gasteiger partial charge in [0.05, 0.1) is 17.0 Å². The van der Waals surface area contributed by atoms with E-state index in [1.54, 1.807) is 43.9 Å². The lowest BCUT2D eigenvalue weighted by Crippen LogP contribution is -2.13. The smallest absolute Gasteiger partial charge is 0.261 e. The molecule has 0 aliphatic carbocycles. The van der Waals surface area contributed by atoms with Crippen molar-refractivity contribution in [2.75, 3.05) is 12.4 Å². The van der Waals surface area contributed by atoms with E-state index in [0.717, 1.165) is 10.4 Å². The maximum absolute atomic E-state index is 12.5. The second-order valence-corrected chi connectivity index (χ2v) is 6.27. The molecular weight excluding hydrogens is 338 g/mol. The molecule has 128 valence electrons. The summed E-state index contributed by atoms with van der Waals surface area (Å²) in [6, 6.07) is 10.9. The summed E-state index contributed by atoms with van der Waals surface area (Å²) in [7, 11) is 1.62. The fraction of sp³-hybridized carbons (Fsp3) is 0.167. The molecule has 0 fully saturated rings. The normalized spacial score (nSPS) is 10.4. The van der Waals surface area contributed by atoms with Crippen molar-refractivity contribution in [3.63, 3.8) is 0 Å². The van der Waals surface area contributed by atoms with E-state index in [-0.39, 0.29) is 5.91 Å². The highest BCUT2D eigenvalue weighted by Gasteiger charge is 2.14. The number of ether oxygens (including phenoxy) is 2. The van der Waals surface area contributed by atoms with Crippen molar-refractivity contribution in [1.82, 2.24) is 9.97 Å². The van der Waals surface area contributed by atoms with Gasteiger partial charge in [0.2, 0.25) is 0 Å². The number of rotatable bonds is 7. The topological polar surface area (TPSA) is 73.3 Å². The summed E-state index contributed by atoms with van der Waals surface area (Å²) in [6.07, 6.45) is 5.10. The van der Waals surface area contributed by atoms with Crippen molar-refractivity contribution in [3.05, 3.63) is 71.0 Å². The van der Waals surface area contributed by atoms with Crippen LogP contribution in [0.3, 0.4) is 0 Å². The van der Waals surface area contributed by atoms with Crippen LogP contribution < -0.4 is 10.1 Å². The number of pyridine rings is 1. The van der Waals surface area contributed by atoms with Crippen LogP contribution in [0.5, 0.6) is 5.75 Å². The quantitative estimate of drug-likeness (QED) is 0.702. The monoisotopic (exact) mass is 355 g/mol. The molecule has 25 heavy (non-hydrogen) atoms. The Kier molecular flexibility index (Phi) is 5.71. The van der Waals surface area contributed by atoms with E-state index >= 15 is 0 Å². The molecule has 0 saturated carbocycles. The SMILES string of the molecule is COCc1cnc(NC(=O)c2ccccc2OCc2ccncc2)s1. The van der Waals surface area contributed by atoms with E-state index in [2.05, 4.69) is 15.3 Å². The van der Waals surface area contributed by atoms with Crippen LogP contribution in [-0.4, -0.2) is 23.0 Å². The zero-order valence-corrected chi connectivity index (χ0v) is 14.5. The largest absolute Gasteiger partial charge is 0.488 e. The van der Waals surface area contributed by atoms with Gasteiger partial charge in [-0.05, 0) is 29.8 Å². The fourth-order valence-electron chi connectivity index (χ4n) is 2.16. The Balaban J connectivity index is 1.69. The Bertz CT molecular complexity index is 836. The first kappa shape index (κ1) is 17.1. The van der Waals surface area contributed by atoms with Crippen molar-refractivity contribution < 1.29 is 14.3 Å². The Morgan fingerprint density at radius 3 is 2.76 bits per heavy atom. The first-order valence-electron chi connectivity index (χ1n) is 7.62. The first-order valence-corrected chi connectivity index (χ1v) is 8.43. The third kappa shape index (κ3) is 4.62. The third-order valence-corrected chi connectivity index (χ3v) is 4.22. The number of hydrogen-bond acceptors (Lipinski definition) is 6. The van der Waals surface area contributed by atoms with E-state index in [0.29, 0.717) is 29.7 Å². The maximum Gasteiger partial charge on any atom is 0.261 e. The molecule has 0 atom stereocenters. The van der Waals surface area contributed by atoms with E-state index in [4.69, 9.17) is 9.47 Å². The molecule has 0 spiro atoms. The zero-order chi connectivity index (χ0) is 17.5. The Morgan fingerprint density at radius 1 is 1.16 bits per heavy atom. The molecule has 0 radical (unpaired) electrons. The van der Waals surface area contributed by atoms with Crippen LogP contribution in [0.2, 0.25) is 0 Å². The molecule has 1 amide bonds. The highest BCUT2D eigenvalue weighted by atomic mass is 32.1. The second kappa shape index (κ2) is 8.36. The fourth-order valence-corrected chi connectivity index (χ4v) is 2.94. The second-order valence-electron chi connectivity index (χ2n) is 5.16. The lowest BCUT2D eigenvalue weighted by atomic mass is 10.2. The first-order chi connectivity index (χ1) is 12.3. The van der Waals surface area contributed by atoms with Crippen LogP contribution in [0.1, 0.15) is 20.8 Å². The summed E-state index contributed by atoms with van der Waals surface area (Å²) >= 11 is 1.38. The molecule has 0 bridgehead atoms. The van der Waals surface area contributed by atoms with Gasteiger partial charge in [-0.1, -0.05) is 23.5 Å². The summed E-state index contributed by atoms with van der Waals surface area (Å²) in [5.41, 5.74) is 1.44. The number of amides is 1. The average molecular weight is 355 g/mol. The van der Waals surface area contributed by atoms with E-state index in [1.807, 2.05) is 18.2 Å². The number of thiazole rings is 1. The number of carbonyl (C=O) groups excluding carboxylic acids is 1. The number of anilines is 1. The van der Waals surface area contributed by atoms with Gasteiger partial charge < -0.3 is 9.47 Å². The highest BCUT2D eigenvalue weighted by molar-refractivity contribution is 7.15. The maximum atomic E-state index is 12.5. The lowest BCUT2D eigenvalue weighted by molar-refractivity contribution is 0.102. The molecule has 6 nitrogen and oxygen atoms in total. The number of methoxy groups -OCH3 is 1. The van der Waals surface area contributed by atoms with Gasteiger partial charge in [-0.15, -0.1) is 0 Å². The van der Waals surface area contributed by atoms with Gasteiger partial charge >= 0.3 is 0 Å². The molecule has 2 heterocycles. The number of para-hydroxylation sites is 1. The highest BCUT2D eigenvalue weighted by Crippen LogP contribution is 2.23. The van der Waals surface area contributed by atoms with Crippen molar-refractivity contribution in [1.29, 1.82) is 0 Å². The van der Waals surface area contributed by atoms with Crippen LogP contribution in [-0.2, 0) is 18.0 Å². The minimum absolute atomic E-state index is 0.261. The molecule has 3 aromatic rings. The zero-order valence-electron chi connectivity index (χ0n) is 13.6. The molecule has 0 aliphatic heterocycles. The van der Waals surface area contributed by atoms with Gasteiger partial charge in [0.1, 0.15) is 12.4 Å². The standard InChI is InChI=1S/C18H17N3O3S/c1-23-12-14-10-20-18(25-14)21-17(22)15-4-2-3-5-16(15)24-11-13-6-8-19-9-7-13/h2-10H,11-12H2,1H3,(H,20,21,22). The van der Waals surface area contributed by atoms with Crippen LogP contribution in [0.15, 0.2) is 55.0 Å². The number of benzene rings is 1. The van der Waals surface area contributed by atoms with E-state index < -0.39 is 0 Å². The average Bonchev–Trinajstić information content (AvgIpc) is 3.08. The van der Waals surface area contributed by atoms with E-state index in [1.165, 1.54) is 11.3 Å². The van der Waals surface area contributed by atoms with Gasteiger partial charge in [0.25, 0.3) is 5.91 Å². The number of aromatic nitrogens is 2. The van der Waals surface area contributed by atoms with Crippen molar-refractivity contribution in [2.24, 2.45) is 0 Å². The van der Waals surface area contributed by atoms with Crippen molar-refractivity contribution in [2.45, 2.75) is 13.2 Å². The van der Waals surface area contributed by atoms with Crippen LogP contribution >= 0.6 is 11.3 Å². The molecule has 3 rings (SSSR count). The van der Waals surface area contributed by atoms with Crippen LogP contribution in [0, 0.1) is 0 Å². The van der Waals surface area contributed by atoms with Crippen molar-refractivity contribution >= 4 is 22.4 Å². The Morgan fingerprint density at radius 2 is 1.96 bits per heavy atom. The number of nitrogens with one attached hydrogen (secondary N) is 1. The summed E-state index contributed by atoms with van der Waals surface area (Å²) < 4.78 is 10.9. The van der Waals surface area contributed by atoms with Gasteiger partial charge in [0, 0.05) is 25.7 Å². The molecule has 0 aliphatic rings. The van der Waals surface area contributed by atoms with Gasteiger partial charge in [-0.3, -0.25) is 15.1 Å². The lowest BCUT2D eigenvalue weighted by Gasteiger charge is -2.10. The molecular formula is C18H17N3O3S. The van der Waals surface area contributed by atoms with Crippen LogP contribution in [0.25, 0.3) is 0 Å². The predicted molar refractivity (Wildman–Crippen MR) is 95.8 cm³/mol. The van der Waals surface area contributed by atoms with Crippen molar-refractivity contribution in [3.8, 4) is 5.75 Å². The van der Waals surface area contributed by atoms with E-state index in [9.17, 15) is 4.79 Å². The third-order valence-electron chi connectivity index (χ3n) is 3.34. The number of hydrogen-bond donors (Lipinski definition) is 1. The Labute approximate surface area is 149 Å². The molecule has 1 N–H and O–H groups in total. The van der Waals surface area contributed by atoms with Gasteiger partial charge in [0.15, 0.2) is 5.13 Å². The molecule has 2 aromatic heterocycles. The predicted octanol–water partition coefficient (Wildman–Crippen LogP) is 3.52. The van der Waals surface area contributed by atoms with Crippen LogP contribution in [0.4, 0.5) is 5.13 Å². The molecule has 0 unspecified atom stereocenters. The number of nitrogens with zero attached hydrogens (tertiary/aromatic N) is 2. The molecule has 7 heteroatoms. The Hall–Kier alpha value is -2.77. The minimum atomic E-state index is -0.261. The minimum Gasteiger partial charge on any atom is -0.488 e. The van der Waals surface area contributed by atoms with Gasteiger partial charge in [-0.25, -0.2) is 4.98 Å². The summed E-state index contributed by atoms with van der Waals surface area (Å²) in [5, 5.41) is 3.33. The summed E-state index contributed by atoms with van der Waals surface area (Å²) in [5.74, 6) is 0.258. The summed E-state index contributed by atoms with van der Waals surface area (Å²) in [4.78, 5) is 21.6. The molecule has 1 aromatic carbocycles.